The summed E-state index contributed by atoms with van der Waals surface area (Å²) >= 11 is 5.72. The van der Waals surface area contributed by atoms with Crippen LogP contribution in [0.1, 0.15) is 25.0 Å². The largest absolute Gasteiger partial charge is 1.00 e. The number of hydrogen-bond acceptors (Lipinski definition) is 3. The molecule has 0 aliphatic rings. The fourth-order valence-corrected chi connectivity index (χ4v) is 1.85. The van der Waals surface area contributed by atoms with Crippen LogP contribution >= 0.6 is 11.6 Å². The molecular weight excluding hydrogens is 318 g/mol. The summed E-state index contributed by atoms with van der Waals surface area (Å²) in [5.74, 6) is -0.953. The molecule has 0 radical (unpaired) electrons. The molecule has 0 aliphatic heterocycles. The summed E-state index contributed by atoms with van der Waals surface area (Å²) in [4.78, 5) is 3.84. The Bertz CT molecular complexity index is 636. The third-order valence-electron chi connectivity index (χ3n) is 2.84. The molecule has 21 heavy (non-hydrogen) atoms. The number of nitrogens with zero attached hydrogens (tertiary/aromatic N) is 1. The molecule has 2 N–H and O–H groups in total. The molecule has 0 saturated heterocycles. The average molecular weight is 335 g/mol. The van der Waals surface area contributed by atoms with E-state index in [1.807, 2.05) is 13.8 Å². The molecule has 108 valence electrons. The third kappa shape index (κ3) is 4.65. The Balaban J connectivity index is 0.00000128. The van der Waals surface area contributed by atoms with Crippen molar-refractivity contribution in [2.45, 2.75) is 27.7 Å². The zero-order valence-corrected chi connectivity index (χ0v) is 16.8. The number of aryl methyl sites for hydroxylation is 1. The van der Waals surface area contributed by atoms with E-state index in [1.54, 1.807) is 26.0 Å². The van der Waals surface area contributed by atoms with Gasteiger partial charge in [0, 0.05) is 11.4 Å². The molecule has 0 aliphatic carbocycles. The molecule has 1 heterocycles. The number of nitrogens with two attached hydrogens (primary N) is 1. The van der Waals surface area contributed by atoms with Gasteiger partial charge in [-0.1, -0.05) is 37.6 Å². The van der Waals surface area contributed by atoms with Crippen molar-refractivity contribution in [2.75, 3.05) is 5.73 Å². The summed E-state index contributed by atoms with van der Waals surface area (Å²) in [5.41, 5.74) is 7.88. The van der Waals surface area contributed by atoms with Crippen molar-refractivity contribution in [1.29, 1.82) is 0 Å². The zero-order chi connectivity index (χ0) is 15.4. The van der Waals surface area contributed by atoms with Crippen LogP contribution in [0.5, 0.6) is 5.88 Å². The van der Waals surface area contributed by atoms with Gasteiger partial charge in [-0.05, 0) is 31.0 Å². The monoisotopic (exact) mass is 334 g/mol. The fraction of sp³-hybridized carbons (Fsp3) is 0.267. The van der Waals surface area contributed by atoms with Gasteiger partial charge in [-0.3, -0.25) is 4.98 Å². The van der Waals surface area contributed by atoms with E-state index < -0.39 is 5.88 Å². The Labute approximate surface area is 172 Å². The number of aromatic nitrogens is 1. The summed E-state index contributed by atoms with van der Waals surface area (Å²) in [6, 6.07) is 4.65. The van der Waals surface area contributed by atoms with Crippen LogP contribution in [-0.4, -0.2) is 4.98 Å². The average Bonchev–Trinajstić information content (AvgIpc) is 2.46. The standard InChI is InChI=1S/C13H12ClFN2O.C2H6.K/c1-6-3-4-8(5-9(6)15)12-7(2)11(16)10(14)13(18)17-12;1-2;/h3-5H,1-2H3,(H3,16,17,18);1-2H3;/q;;+1/p-1. The molecule has 3 nitrogen and oxygen atoms in total. The third-order valence-corrected chi connectivity index (χ3v) is 3.21. The molecule has 0 bridgehead atoms. The molecule has 0 fully saturated rings. The van der Waals surface area contributed by atoms with Gasteiger partial charge in [0.05, 0.1) is 16.4 Å². The van der Waals surface area contributed by atoms with E-state index in [0.29, 0.717) is 22.4 Å². The number of nitrogen functional groups attached to an aromatic ring is 1. The van der Waals surface area contributed by atoms with Gasteiger partial charge in [0.1, 0.15) is 5.82 Å². The van der Waals surface area contributed by atoms with Crippen molar-refractivity contribution in [3.05, 3.63) is 40.2 Å². The second-order valence-corrected chi connectivity index (χ2v) is 4.46. The predicted octanol–water partition coefficient (Wildman–Crippen LogP) is 0.844. The van der Waals surface area contributed by atoms with Crippen LogP contribution in [0.4, 0.5) is 10.1 Å². The smallest absolute Gasteiger partial charge is 0.858 e. The summed E-state index contributed by atoms with van der Waals surface area (Å²) < 4.78 is 13.5. The molecule has 6 heteroatoms. The minimum Gasteiger partial charge on any atom is -0.858 e. The molecule has 1 aromatic carbocycles. The quantitative estimate of drug-likeness (QED) is 0.786. The van der Waals surface area contributed by atoms with Crippen molar-refractivity contribution < 1.29 is 60.9 Å². The Morgan fingerprint density at radius 1 is 1.24 bits per heavy atom. The van der Waals surface area contributed by atoms with Gasteiger partial charge in [-0.25, -0.2) is 4.39 Å². The Hall–Kier alpha value is -0.174. The maximum absolute atomic E-state index is 13.5. The number of pyridine rings is 1. The van der Waals surface area contributed by atoms with E-state index in [0.717, 1.165) is 0 Å². The van der Waals surface area contributed by atoms with Crippen LogP contribution in [0, 0.1) is 19.7 Å². The Kier molecular flexibility index (Phi) is 9.00. The van der Waals surface area contributed by atoms with Crippen LogP contribution in [0.2, 0.25) is 5.02 Å². The van der Waals surface area contributed by atoms with Gasteiger partial charge in [0.2, 0.25) is 0 Å². The van der Waals surface area contributed by atoms with Crippen LogP contribution in [0.25, 0.3) is 11.3 Å². The topological polar surface area (TPSA) is 62.0 Å². The second-order valence-electron chi connectivity index (χ2n) is 4.08. The van der Waals surface area contributed by atoms with Crippen LogP contribution < -0.4 is 62.2 Å². The van der Waals surface area contributed by atoms with E-state index in [9.17, 15) is 9.50 Å². The maximum atomic E-state index is 13.5. The summed E-state index contributed by atoms with van der Waals surface area (Å²) in [6.07, 6.45) is 0. The molecule has 0 saturated carbocycles. The molecule has 1 aromatic heterocycles. The van der Waals surface area contributed by atoms with Gasteiger partial charge in [-0.2, -0.15) is 0 Å². The molecule has 0 spiro atoms. The molecular formula is C15H17ClFKN2O. The van der Waals surface area contributed by atoms with Gasteiger partial charge in [0.15, 0.2) is 0 Å². The summed E-state index contributed by atoms with van der Waals surface area (Å²) in [7, 11) is 0. The molecule has 0 unspecified atom stereocenters. The number of hydrogen-bond donors (Lipinski definition) is 1. The SMILES string of the molecule is CC.Cc1ccc(-c2nc([O-])c(Cl)c(N)c2C)cc1F.[K+]. The number of halogens is 2. The summed E-state index contributed by atoms with van der Waals surface area (Å²) in [6.45, 7) is 7.36. The first kappa shape index (κ1) is 20.8. The van der Waals surface area contributed by atoms with Crippen molar-refractivity contribution in [2.24, 2.45) is 0 Å². The van der Waals surface area contributed by atoms with E-state index in [4.69, 9.17) is 17.3 Å². The van der Waals surface area contributed by atoms with Crippen LogP contribution in [-0.2, 0) is 0 Å². The van der Waals surface area contributed by atoms with Crippen LogP contribution in [0.15, 0.2) is 18.2 Å². The van der Waals surface area contributed by atoms with Gasteiger partial charge < -0.3 is 10.8 Å². The minimum atomic E-state index is -0.601. The van der Waals surface area contributed by atoms with Gasteiger partial charge >= 0.3 is 51.4 Å². The maximum Gasteiger partial charge on any atom is 1.00 e. The second kappa shape index (κ2) is 9.08. The first-order valence-electron chi connectivity index (χ1n) is 6.31. The molecule has 0 amide bonds. The molecule has 2 rings (SSSR count). The van der Waals surface area contributed by atoms with Crippen molar-refractivity contribution in [3.8, 4) is 17.1 Å². The van der Waals surface area contributed by atoms with E-state index in [1.165, 1.54) is 6.07 Å². The number of anilines is 1. The Morgan fingerprint density at radius 2 is 1.81 bits per heavy atom. The first-order valence-corrected chi connectivity index (χ1v) is 6.68. The first-order chi connectivity index (χ1) is 9.41. The Morgan fingerprint density at radius 3 is 2.33 bits per heavy atom. The normalized spacial score (nSPS) is 9.43. The van der Waals surface area contributed by atoms with Crippen LogP contribution in [0.3, 0.4) is 0 Å². The fourth-order valence-electron chi connectivity index (χ4n) is 1.66. The minimum absolute atomic E-state index is 0. The number of benzene rings is 1. The summed E-state index contributed by atoms with van der Waals surface area (Å²) in [5, 5.41) is 11.4. The van der Waals surface area contributed by atoms with Gasteiger partial charge in [0.25, 0.3) is 0 Å². The van der Waals surface area contributed by atoms with Gasteiger partial charge in [-0.15, -0.1) is 0 Å². The zero-order valence-electron chi connectivity index (χ0n) is 12.9. The van der Waals surface area contributed by atoms with E-state index in [-0.39, 0.29) is 67.9 Å². The van der Waals surface area contributed by atoms with Crippen molar-refractivity contribution in [3.63, 3.8) is 0 Å². The van der Waals surface area contributed by atoms with E-state index in [2.05, 4.69) is 4.98 Å². The van der Waals surface area contributed by atoms with Crippen molar-refractivity contribution >= 4 is 17.3 Å². The predicted molar refractivity (Wildman–Crippen MR) is 79.3 cm³/mol. The number of rotatable bonds is 1. The van der Waals surface area contributed by atoms with E-state index >= 15 is 0 Å². The molecule has 2 aromatic rings. The molecule has 0 atom stereocenters. The van der Waals surface area contributed by atoms with Crippen molar-refractivity contribution in [1.82, 2.24) is 4.98 Å².